The lowest BCUT2D eigenvalue weighted by Crippen LogP contribution is -2.15. The van der Waals surface area contributed by atoms with Crippen molar-refractivity contribution in [3.05, 3.63) is 0 Å². The van der Waals surface area contributed by atoms with Gasteiger partial charge in [0, 0.05) is 0 Å². The van der Waals surface area contributed by atoms with Gasteiger partial charge in [0.1, 0.15) is 6.17 Å². The summed E-state index contributed by atoms with van der Waals surface area (Å²) < 4.78 is 22.1. The molecule has 1 rings (SSSR count). The average molecular weight is 164 g/mol. The number of halogens is 2. The maximum atomic E-state index is 12.6. The SMILES string of the molecule is CC[C@H]1CCCC(F)C1.CF. The van der Waals surface area contributed by atoms with E-state index in [-0.39, 0.29) is 0 Å². The minimum Gasteiger partial charge on any atom is -0.255 e. The monoisotopic (exact) mass is 164 g/mol. The summed E-state index contributed by atoms with van der Waals surface area (Å²) in [5.41, 5.74) is 0. The molecule has 0 heterocycles. The largest absolute Gasteiger partial charge is 0.255 e. The quantitative estimate of drug-likeness (QED) is 0.556. The Morgan fingerprint density at radius 2 is 1.91 bits per heavy atom. The van der Waals surface area contributed by atoms with Crippen LogP contribution in [0.15, 0.2) is 0 Å². The fourth-order valence-corrected chi connectivity index (χ4v) is 1.60. The zero-order valence-corrected chi connectivity index (χ0v) is 7.45. The van der Waals surface area contributed by atoms with Crippen LogP contribution in [0.4, 0.5) is 8.78 Å². The Kier molecular flexibility index (Phi) is 6.48. The molecule has 0 N–H and O–H groups in total. The molecule has 2 atom stereocenters. The van der Waals surface area contributed by atoms with Gasteiger partial charge in [-0.25, -0.2) is 4.39 Å². The van der Waals surface area contributed by atoms with E-state index in [2.05, 4.69) is 6.92 Å². The van der Waals surface area contributed by atoms with Crippen LogP contribution < -0.4 is 0 Å². The first-order chi connectivity index (χ1) is 5.33. The lowest BCUT2D eigenvalue weighted by atomic mass is 9.86. The van der Waals surface area contributed by atoms with Gasteiger partial charge in [-0.05, 0) is 18.8 Å². The van der Waals surface area contributed by atoms with Crippen molar-refractivity contribution in [2.24, 2.45) is 5.92 Å². The highest BCUT2D eigenvalue weighted by Crippen LogP contribution is 2.27. The van der Waals surface area contributed by atoms with E-state index in [1.54, 1.807) is 0 Å². The fraction of sp³-hybridized carbons (Fsp3) is 1.00. The van der Waals surface area contributed by atoms with Gasteiger partial charge in [-0.15, -0.1) is 0 Å². The summed E-state index contributed by atoms with van der Waals surface area (Å²) in [4.78, 5) is 0. The van der Waals surface area contributed by atoms with Crippen LogP contribution in [0.1, 0.15) is 39.0 Å². The molecule has 0 radical (unpaired) electrons. The molecule has 1 saturated carbocycles. The Hall–Kier alpha value is -0.140. The summed E-state index contributed by atoms with van der Waals surface area (Å²) in [6.07, 6.45) is 4.70. The van der Waals surface area contributed by atoms with Crippen molar-refractivity contribution in [2.45, 2.75) is 45.2 Å². The van der Waals surface area contributed by atoms with Crippen LogP contribution in [0.25, 0.3) is 0 Å². The molecule has 0 aromatic rings. The molecular formula is C9H18F2. The third kappa shape index (κ3) is 4.33. The number of rotatable bonds is 1. The van der Waals surface area contributed by atoms with Gasteiger partial charge >= 0.3 is 0 Å². The van der Waals surface area contributed by atoms with Crippen LogP contribution >= 0.6 is 0 Å². The second-order valence-electron chi connectivity index (χ2n) is 3.04. The van der Waals surface area contributed by atoms with Crippen LogP contribution in [-0.2, 0) is 0 Å². The van der Waals surface area contributed by atoms with Crippen molar-refractivity contribution >= 4 is 0 Å². The van der Waals surface area contributed by atoms with E-state index in [9.17, 15) is 8.78 Å². The first-order valence-corrected chi connectivity index (χ1v) is 4.34. The molecule has 0 aromatic heterocycles. The van der Waals surface area contributed by atoms with Crippen molar-refractivity contribution < 1.29 is 8.78 Å². The van der Waals surface area contributed by atoms with Gasteiger partial charge in [0.15, 0.2) is 0 Å². The van der Waals surface area contributed by atoms with Crippen LogP contribution in [0.5, 0.6) is 0 Å². The summed E-state index contributed by atoms with van der Waals surface area (Å²) in [6.45, 7) is 2.16. The first-order valence-electron chi connectivity index (χ1n) is 4.34. The van der Waals surface area contributed by atoms with E-state index in [1.807, 2.05) is 0 Å². The van der Waals surface area contributed by atoms with E-state index in [0.29, 0.717) is 13.1 Å². The zero-order chi connectivity index (χ0) is 8.69. The Bertz CT molecular complexity index is 83.6. The molecular weight excluding hydrogens is 146 g/mol. The van der Waals surface area contributed by atoms with Crippen molar-refractivity contribution in [2.75, 3.05) is 7.18 Å². The molecule has 0 aromatic carbocycles. The van der Waals surface area contributed by atoms with Crippen LogP contribution in [0.3, 0.4) is 0 Å². The molecule has 0 aliphatic heterocycles. The smallest absolute Gasteiger partial charge is 0.100 e. The number of alkyl halides is 2. The van der Waals surface area contributed by atoms with E-state index >= 15 is 0 Å². The summed E-state index contributed by atoms with van der Waals surface area (Å²) in [5.74, 6) is 0.689. The highest BCUT2D eigenvalue weighted by molar-refractivity contribution is 4.70. The fourth-order valence-electron chi connectivity index (χ4n) is 1.60. The first kappa shape index (κ1) is 10.9. The molecule has 1 aliphatic carbocycles. The summed E-state index contributed by atoms with van der Waals surface area (Å²) >= 11 is 0. The third-order valence-electron chi connectivity index (χ3n) is 2.30. The molecule has 0 amide bonds. The second kappa shape index (κ2) is 6.56. The molecule has 0 saturated heterocycles. The minimum atomic E-state index is -0.483. The van der Waals surface area contributed by atoms with Gasteiger partial charge in [-0.2, -0.15) is 0 Å². The topological polar surface area (TPSA) is 0 Å². The van der Waals surface area contributed by atoms with Gasteiger partial charge in [0.25, 0.3) is 0 Å². The van der Waals surface area contributed by atoms with Gasteiger partial charge < -0.3 is 0 Å². The summed E-state index contributed by atoms with van der Waals surface area (Å²) in [6, 6.07) is 0. The van der Waals surface area contributed by atoms with Crippen molar-refractivity contribution in [1.29, 1.82) is 0 Å². The Labute approximate surface area is 68.0 Å². The number of hydrogen-bond donors (Lipinski definition) is 0. The summed E-state index contributed by atoms with van der Waals surface area (Å²) in [7, 11) is 0.500. The van der Waals surface area contributed by atoms with Gasteiger partial charge in [-0.1, -0.05) is 26.2 Å². The third-order valence-corrected chi connectivity index (χ3v) is 2.30. The van der Waals surface area contributed by atoms with Crippen LogP contribution in [0.2, 0.25) is 0 Å². The lowest BCUT2D eigenvalue weighted by Gasteiger charge is -2.22. The average Bonchev–Trinajstić information content (AvgIpc) is 2.08. The highest BCUT2D eigenvalue weighted by Gasteiger charge is 2.19. The molecule has 1 unspecified atom stereocenters. The molecule has 68 valence electrons. The zero-order valence-electron chi connectivity index (χ0n) is 7.45. The normalized spacial score (nSPS) is 30.5. The van der Waals surface area contributed by atoms with Crippen molar-refractivity contribution in [1.82, 2.24) is 0 Å². The van der Waals surface area contributed by atoms with E-state index in [1.165, 1.54) is 12.8 Å². The Morgan fingerprint density at radius 1 is 1.27 bits per heavy atom. The van der Waals surface area contributed by atoms with E-state index < -0.39 is 6.17 Å². The maximum Gasteiger partial charge on any atom is 0.100 e. The summed E-state index contributed by atoms with van der Waals surface area (Å²) in [5, 5.41) is 0. The molecule has 2 heteroatoms. The minimum absolute atomic E-state index is 0.483. The Morgan fingerprint density at radius 3 is 2.27 bits per heavy atom. The molecule has 0 nitrogen and oxygen atoms in total. The van der Waals surface area contributed by atoms with E-state index in [0.717, 1.165) is 19.3 Å². The lowest BCUT2D eigenvalue weighted by molar-refractivity contribution is 0.195. The van der Waals surface area contributed by atoms with Gasteiger partial charge in [-0.3, -0.25) is 4.39 Å². The molecule has 0 bridgehead atoms. The molecule has 1 fully saturated rings. The van der Waals surface area contributed by atoms with Crippen LogP contribution in [0, 0.1) is 5.92 Å². The van der Waals surface area contributed by atoms with Gasteiger partial charge in [0.2, 0.25) is 0 Å². The van der Waals surface area contributed by atoms with Crippen LogP contribution in [-0.4, -0.2) is 13.3 Å². The van der Waals surface area contributed by atoms with Gasteiger partial charge in [0.05, 0.1) is 7.18 Å². The van der Waals surface area contributed by atoms with E-state index in [4.69, 9.17) is 0 Å². The predicted octanol–water partition coefficient (Wildman–Crippen LogP) is 3.51. The maximum absolute atomic E-state index is 12.6. The molecule has 0 spiro atoms. The predicted molar refractivity (Wildman–Crippen MR) is 44.2 cm³/mol. The molecule has 1 aliphatic rings. The van der Waals surface area contributed by atoms with Crippen molar-refractivity contribution in [3.8, 4) is 0 Å². The standard InChI is InChI=1S/C8H15F.CH3F/c1-2-7-4-3-5-8(9)6-7;1-2/h7-8H,2-6H2,1H3;1H3/t7-,8?;/m0./s1. The highest BCUT2D eigenvalue weighted by atomic mass is 19.1. The van der Waals surface area contributed by atoms with Crippen molar-refractivity contribution in [3.63, 3.8) is 0 Å². The second-order valence-corrected chi connectivity index (χ2v) is 3.04. The number of hydrogen-bond acceptors (Lipinski definition) is 0. The molecule has 11 heavy (non-hydrogen) atoms. The Balaban J connectivity index is 0.000000461.